The van der Waals surface area contributed by atoms with Crippen LogP contribution in [0.5, 0.6) is 11.5 Å². The number of esters is 1. The van der Waals surface area contributed by atoms with Crippen molar-refractivity contribution < 1.29 is 14.3 Å². The summed E-state index contributed by atoms with van der Waals surface area (Å²) in [6.45, 7) is 2.53. The van der Waals surface area contributed by atoms with Crippen LogP contribution in [0.3, 0.4) is 0 Å². The number of nitriles is 1. The molecule has 144 valence electrons. The van der Waals surface area contributed by atoms with Gasteiger partial charge in [-0.1, -0.05) is 54.6 Å². The Bertz CT molecular complexity index is 1030. The van der Waals surface area contributed by atoms with E-state index in [0.717, 1.165) is 22.4 Å². The van der Waals surface area contributed by atoms with Gasteiger partial charge in [-0.05, 0) is 54.0 Å². The Kier molecular flexibility index (Phi) is 6.80. The van der Waals surface area contributed by atoms with Crippen molar-refractivity contribution in [3.8, 4) is 17.6 Å². The zero-order valence-electron chi connectivity index (χ0n) is 16.2. The van der Waals surface area contributed by atoms with Gasteiger partial charge in [0.25, 0.3) is 0 Å². The summed E-state index contributed by atoms with van der Waals surface area (Å²) in [5.74, 6) is 0.870. The average Bonchev–Trinajstić information content (AvgIpc) is 2.74. The SMILES string of the molecule is CCOc1ccc(CC(=O)Oc2cccc(/C=C(/C#N)c3ccccc3)c2)cc1. The Hall–Kier alpha value is -3.84. The van der Waals surface area contributed by atoms with Gasteiger partial charge in [0.05, 0.1) is 24.7 Å². The van der Waals surface area contributed by atoms with Crippen molar-refractivity contribution >= 4 is 17.6 Å². The number of nitrogens with zero attached hydrogens (tertiary/aromatic N) is 1. The molecule has 3 aromatic carbocycles. The summed E-state index contributed by atoms with van der Waals surface area (Å²) < 4.78 is 10.9. The van der Waals surface area contributed by atoms with Gasteiger partial charge in [0.15, 0.2) is 0 Å². The molecule has 3 rings (SSSR count). The van der Waals surface area contributed by atoms with E-state index in [0.29, 0.717) is 17.9 Å². The molecule has 0 heterocycles. The predicted octanol–water partition coefficient (Wildman–Crippen LogP) is 5.30. The normalized spacial score (nSPS) is 10.8. The van der Waals surface area contributed by atoms with Crippen molar-refractivity contribution in [1.82, 2.24) is 0 Å². The number of rotatable bonds is 7. The second-order valence-electron chi connectivity index (χ2n) is 6.34. The van der Waals surface area contributed by atoms with Gasteiger partial charge in [-0.2, -0.15) is 5.26 Å². The van der Waals surface area contributed by atoms with Crippen LogP contribution >= 0.6 is 0 Å². The lowest BCUT2D eigenvalue weighted by molar-refractivity contribution is -0.133. The number of allylic oxidation sites excluding steroid dienone is 1. The predicted molar refractivity (Wildman–Crippen MR) is 113 cm³/mol. The molecule has 0 atom stereocenters. The summed E-state index contributed by atoms with van der Waals surface area (Å²) in [4.78, 5) is 12.3. The minimum Gasteiger partial charge on any atom is -0.494 e. The van der Waals surface area contributed by atoms with E-state index in [1.807, 2.05) is 67.6 Å². The number of benzene rings is 3. The zero-order valence-corrected chi connectivity index (χ0v) is 16.2. The number of hydrogen-bond acceptors (Lipinski definition) is 4. The van der Waals surface area contributed by atoms with Crippen molar-refractivity contribution in [2.75, 3.05) is 6.61 Å². The maximum absolute atomic E-state index is 12.3. The molecule has 0 aliphatic rings. The molecule has 0 N–H and O–H groups in total. The van der Waals surface area contributed by atoms with E-state index in [2.05, 4.69) is 6.07 Å². The topological polar surface area (TPSA) is 59.3 Å². The van der Waals surface area contributed by atoms with E-state index in [1.165, 1.54) is 0 Å². The van der Waals surface area contributed by atoms with Crippen molar-refractivity contribution in [3.05, 3.63) is 95.6 Å². The number of ether oxygens (including phenoxy) is 2. The molecule has 4 nitrogen and oxygen atoms in total. The highest BCUT2D eigenvalue weighted by atomic mass is 16.5. The van der Waals surface area contributed by atoms with Crippen molar-refractivity contribution in [1.29, 1.82) is 5.26 Å². The van der Waals surface area contributed by atoms with Crippen LogP contribution in [0.4, 0.5) is 0 Å². The van der Waals surface area contributed by atoms with Gasteiger partial charge in [-0.15, -0.1) is 0 Å². The highest BCUT2D eigenvalue weighted by Gasteiger charge is 2.08. The van der Waals surface area contributed by atoms with Crippen LogP contribution in [0.25, 0.3) is 11.6 Å². The Labute approximate surface area is 170 Å². The quantitative estimate of drug-likeness (QED) is 0.240. The summed E-state index contributed by atoms with van der Waals surface area (Å²) in [7, 11) is 0. The number of carbonyl (C=O) groups is 1. The smallest absolute Gasteiger partial charge is 0.315 e. The highest BCUT2D eigenvalue weighted by Crippen LogP contribution is 2.21. The zero-order chi connectivity index (χ0) is 20.5. The third-order valence-electron chi connectivity index (χ3n) is 4.19. The monoisotopic (exact) mass is 383 g/mol. The maximum Gasteiger partial charge on any atom is 0.315 e. The summed E-state index contributed by atoms with van der Waals surface area (Å²) >= 11 is 0. The second-order valence-corrected chi connectivity index (χ2v) is 6.34. The molecular formula is C25H21NO3. The van der Waals surface area contributed by atoms with Crippen LogP contribution in [0, 0.1) is 11.3 Å². The molecule has 3 aromatic rings. The number of hydrogen-bond donors (Lipinski definition) is 0. The van der Waals surface area contributed by atoms with Gasteiger partial charge in [-0.3, -0.25) is 4.79 Å². The highest BCUT2D eigenvalue weighted by molar-refractivity contribution is 5.89. The lowest BCUT2D eigenvalue weighted by Gasteiger charge is -2.07. The number of carbonyl (C=O) groups excluding carboxylic acids is 1. The first kappa shape index (κ1) is 19.9. The third-order valence-corrected chi connectivity index (χ3v) is 4.19. The fourth-order valence-corrected chi connectivity index (χ4v) is 2.84. The maximum atomic E-state index is 12.3. The van der Waals surface area contributed by atoms with Crippen molar-refractivity contribution in [2.45, 2.75) is 13.3 Å². The summed E-state index contributed by atoms with van der Waals surface area (Å²) in [5.41, 5.74) is 3.03. The molecule has 0 saturated heterocycles. The van der Waals surface area contributed by atoms with Crippen molar-refractivity contribution in [3.63, 3.8) is 0 Å². The molecule has 29 heavy (non-hydrogen) atoms. The van der Waals surface area contributed by atoms with Gasteiger partial charge >= 0.3 is 5.97 Å². The minimum absolute atomic E-state index is 0.167. The Morgan fingerprint density at radius 3 is 2.41 bits per heavy atom. The molecule has 0 bridgehead atoms. The molecule has 0 amide bonds. The summed E-state index contributed by atoms with van der Waals surface area (Å²) in [6.07, 6.45) is 1.94. The van der Waals surface area contributed by atoms with E-state index in [4.69, 9.17) is 9.47 Å². The van der Waals surface area contributed by atoms with Crippen LogP contribution < -0.4 is 9.47 Å². The molecule has 0 radical (unpaired) electrons. The van der Waals surface area contributed by atoms with Gasteiger partial charge < -0.3 is 9.47 Å². The first-order valence-electron chi connectivity index (χ1n) is 9.37. The van der Waals surface area contributed by atoms with E-state index in [-0.39, 0.29) is 12.4 Å². The first-order valence-corrected chi connectivity index (χ1v) is 9.37. The molecule has 0 saturated carbocycles. The lowest BCUT2D eigenvalue weighted by Crippen LogP contribution is -2.11. The molecule has 4 heteroatoms. The lowest BCUT2D eigenvalue weighted by atomic mass is 10.0. The fraction of sp³-hybridized carbons (Fsp3) is 0.120. The van der Waals surface area contributed by atoms with Gasteiger partial charge in [0.2, 0.25) is 0 Å². The second kappa shape index (κ2) is 9.91. The summed E-state index contributed by atoms with van der Waals surface area (Å²) in [5, 5.41) is 9.46. The Balaban J connectivity index is 1.68. The Morgan fingerprint density at radius 2 is 1.72 bits per heavy atom. The van der Waals surface area contributed by atoms with Crippen LogP contribution in [-0.2, 0) is 11.2 Å². The van der Waals surface area contributed by atoms with Gasteiger partial charge in [-0.25, -0.2) is 0 Å². The molecule has 0 spiro atoms. The molecule has 0 unspecified atom stereocenters. The van der Waals surface area contributed by atoms with Gasteiger partial charge in [0.1, 0.15) is 11.5 Å². The fourth-order valence-electron chi connectivity index (χ4n) is 2.84. The molecule has 0 aliphatic carbocycles. The van der Waals surface area contributed by atoms with Crippen LogP contribution in [-0.4, -0.2) is 12.6 Å². The molecular weight excluding hydrogens is 362 g/mol. The molecule has 0 aromatic heterocycles. The van der Waals surface area contributed by atoms with Crippen LogP contribution in [0.2, 0.25) is 0 Å². The average molecular weight is 383 g/mol. The Morgan fingerprint density at radius 1 is 0.966 bits per heavy atom. The van der Waals surface area contributed by atoms with Crippen LogP contribution in [0.15, 0.2) is 78.9 Å². The van der Waals surface area contributed by atoms with Crippen molar-refractivity contribution in [2.24, 2.45) is 0 Å². The standard InChI is InChI=1S/C25H21NO3/c1-2-28-23-13-11-19(12-14-23)17-25(27)29-24-10-6-7-20(16-24)15-22(18-26)21-8-4-3-5-9-21/h3-16H,2,17H2,1H3/b22-15-. The van der Waals surface area contributed by atoms with E-state index in [9.17, 15) is 10.1 Å². The third kappa shape index (κ3) is 5.82. The largest absolute Gasteiger partial charge is 0.494 e. The van der Waals surface area contributed by atoms with Crippen LogP contribution in [0.1, 0.15) is 23.6 Å². The molecule has 0 aliphatic heterocycles. The summed E-state index contributed by atoms with van der Waals surface area (Å²) in [6, 6.07) is 26.2. The molecule has 0 fully saturated rings. The minimum atomic E-state index is -0.348. The van der Waals surface area contributed by atoms with E-state index in [1.54, 1.807) is 24.3 Å². The van der Waals surface area contributed by atoms with E-state index < -0.39 is 0 Å². The van der Waals surface area contributed by atoms with Gasteiger partial charge in [0, 0.05) is 0 Å². The first-order chi connectivity index (χ1) is 14.2. The van der Waals surface area contributed by atoms with E-state index >= 15 is 0 Å².